The van der Waals surface area contributed by atoms with E-state index in [-0.39, 0.29) is 10.8 Å². The fourth-order valence-electron chi connectivity index (χ4n) is 3.60. The van der Waals surface area contributed by atoms with E-state index in [1.54, 1.807) is 18.2 Å². The van der Waals surface area contributed by atoms with Crippen molar-refractivity contribution >= 4 is 32.4 Å². The smallest absolute Gasteiger partial charge is 0.257 e. The van der Waals surface area contributed by atoms with Crippen LogP contribution in [0.2, 0.25) is 0 Å². The largest absolute Gasteiger partial charge is 0.298 e. The molecule has 2 aromatic carbocycles. The van der Waals surface area contributed by atoms with E-state index in [4.69, 9.17) is 0 Å². The summed E-state index contributed by atoms with van der Waals surface area (Å²) >= 11 is 1.34. The molecular weight excluding hydrogens is 430 g/mol. The van der Waals surface area contributed by atoms with Crippen LogP contribution in [-0.2, 0) is 16.4 Å². The van der Waals surface area contributed by atoms with Gasteiger partial charge >= 0.3 is 0 Å². The third kappa shape index (κ3) is 4.87. The lowest BCUT2D eigenvalue weighted by molar-refractivity contribution is 0.102. The van der Waals surface area contributed by atoms with Gasteiger partial charge in [-0.2, -0.15) is 4.31 Å². The number of amides is 1. The minimum absolute atomic E-state index is 0.151. The number of aryl methyl sites for hydroxylation is 1. The lowest BCUT2D eigenvalue weighted by Crippen LogP contribution is -2.35. The van der Waals surface area contributed by atoms with E-state index in [2.05, 4.69) is 29.4 Å². The molecule has 1 aliphatic heterocycles. The SMILES string of the molecule is CCc1ccc(-c2csc(NC(=O)c3cccc(S(=O)(=O)N4CCCCC4)c3)n2)cc1. The monoisotopic (exact) mass is 455 g/mol. The number of nitrogens with one attached hydrogen (secondary N) is 1. The Morgan fingerprint density at radius 2 is 1.84 bits per heavy atom. The molecular formula is C23H25N3O3S2. The number of thiazole rings is 1. The third-order valence-corrected chi connectivity index (χ3v) is 8.08. The van der Waals surface area contributed by atoms with E-state index in [1.807, 2.05) is 17.5 Å². The van der Waals surface area contributed by atoms with Crippen LogP contribution < -0.4 is 5.32 Å². The molecule has 0 spiro atoms. The van der Waals surface area contributed by atoms with E-state index in [0.29, 0.717) is 23.8 Å². The van der Waals surface area contributed by atoms with Crippen LogP contribution in [0.1, 0.15) is 42.1 Å². The highest BCUT2D eigenvalue weighted by Crippen LogP contribution is 2.26. The number of nitrogens with zero attached hydrogens (tertiary/aromatic N) is 2. The average Bonchev–Trinajstić information content (AvgIpc) is 3.28. The van der Waals surface area contributed by atoms with Crippen molar-refractivity contribution < 1.29 is 13.2 Å². The molecule has 0 atom stereocenters. The van der Waals surface area contributed by atoms with Crippen molar-refractivity contribution in [3.63, 3.8) is 0 Å². The summed E-state index contributed by atoms with van der Waals surface area (Å²) in [6.45, 7) is 3.16. The number of hydrogen-bond donors (Lipinski definition) is 1. The summed E-state index contributed by atoms with van der Waals surface area (Å²) in [6.07, 6.45) is 3.76. The van der Waals surface area contributed by atoms with Crippen molar-refractivity contribution in [1.29, 1.82) is 0 Å². The number of hydrogen-bond acceptors (Lipinski definition) is 5. The van der Waals surface area contributed by atoms with Crippen molar-refractivity contribution in [2.24, 2.45) is 0 Å². The zero-order valence-corrected chi connectivity index (χ0v) is 19.0. The molecule has 0 saturated carbocycles. The van der Waals surface area contributed by atoms with Gasteiger partial charge in [0.2, 0.25) is 10.0 Å². The second-order valence-corrected chi connectivity index (χ2v) is 10.3. The average molecular weight is 456 g/mol. The Hall–Kier alpha value is -2.55. The molecule has 162 valence electrons. The van der Waals surface area contributed by atoms with Gasteiger partial charge in [0.25, 0.3) is 5.91 Å². The molecule has 1 N–H and O–H groups in total. The van der Waals surface area contributed by atoms with Crippen LogP contribution in [0, 0.1) is 0 Å². The first-order valence-corrected chi connectivity index (χ1v) is 12.8. The summed E-state index contributed by atoms with van der Waals surface area (Å²) in [5.41, 5.74) is 3.34. The first-order valence-electron chi connectivity index (χ1n) is 10.4. The number of piperidine rings is 1. The molecule has 3 aromatic rings. The van der Waals surface area contributed by atoms with Crippen LogP contribution in [0.25, 0.3) is 11.3 Å². The molecule has 1 aliphatic rings. The fourth-order valence-corrected chi connectivity index (χ4v) is 5.87. The Balaban J connectivity index is 1.49. The number of benzene rings is 2. The van der Waals surface area contributed by atoms with E-state index in [9.17, 15) is 13.2 Å². The summed E-state index contributed by atoms with van der Waals surface area (Å²) in [6, 6.07) is 14.4. The molecule has 1 amide bonds. The summed E-state index contributed by atoms with van der Waals surface area (Å²) < 4.78 is 27.3. The van der Waals surface area contributed by atoms with E-state index < -0.39 is 10.0 Å². The molecule has 31 heavy (non-hydrogen) atoms. The summed E-state index contributed by atoms with van der Waals surface area (Å²) in [5.74, 6) is -0.377. The molecule has 2 heterocycles. The van der Waals surface area contributed by atoms with Crippen LogP contribution in [-0.4, -0.2) is 36.7 Å². The van der Waals surface area contributed by atoms with Crippen molar-refractivity contribution in [2.75, 3.05) is 18.4 Å². The molecule has 0 radical (unpaired) electrons. The quantitative estimate of drug-likeness (QED) is 0.579. The number of carbonyl (C=O) groups excluding carboxylic acids is 1. The van der Waals surface area contributed by atoms with Crippen LogP contribution in [0.5, 0.6) is 0 Å². The second-order valence-electron chi connectivity index (χ2n) is 7.54. The Labute approximate surface area is 187 Å². The van der Waals surface area contributed by atoms with Gasteiger partial charge in [-0.1, -0.05) is 43.7 Å². The number of aromatic nitrogens is 1. The van der Waals surface area contributed by atoms with Crippen LogP contribution >= 0.6 is 11.3 Å². The Kier molecular flexibility index (Phi) is 6.50. The van der Waals surface area contributed by atoms with Gasteiger partial charge in [0.1, 0.15) is 0 Å². The summed E-state index contributed by atoms with van der Waals surface area (Å²) in [4.78, 5) is 17.4. The minimum Gasteiger partial charge on any atom is -0.298 e. The van der Waals surface area contributed by atoms with Gasteiger partial charge in [0, 0.05) is 29.6 Å². The molecule has 6 nitrogen and oxygen atoms in total. The topological polar surface area (TPSA) is 79.4 Å². The second kappa shape index (κ2) is 9.30. The number of carbonyl (C=O) groups is 1. The number of rotatable bonds is 6. The van der Waals surface area contributed by atoms with Crippen molar-refractivity contribution in [2.45, 2.75) is 37.5 Å². The maximum atomic E-state index is 12.9. The highest BCUT2D eigenvalue weighted by molar-refractivity contribution is 7.89. The minimum atomic E-state index is -3.59. The van der Waals surface area contributed by atoms with Crippen LogP contribution in [0.3, 0.4) is 0 Å². The first kappa shape index (κ1) is 21.7. The Bertz CT molecular complexity index is 1160. The maximum absolute atomic E-state index is 12.9. The van der Waals surface area contributed by atoms with Crippen molar-refractivity contribution in [1.82, 2.24) is 9.29 Å². The predicted molar refractivity (Wildman–Crippen MR) is 124 cm³/mol. The van der Waals surface area contributed by atoms with Crippen LogP contribution in [0.15, 0.2) is 58.8 Å². The van der Waals surface area contributed by atoms with E-state index in [1.165, 1.54) is 27.3 Å². The van der Waals surface area contributed by atoms with Gasteiger partial charge in [0.15, 0.2) is 5.13 Å². The predicted octanol–water partition coefficient (Wildman–Crippen LogP) is 4.80. The van der Waals surface area contributed by atoms with Gasteiger partial charge in [-0.05, 0) is 43.0 Å². The summed E-state index contributed by atoms with van der Waals surface area (Å²) in [5, 5.41) is 5.16. The highest BCUT2D eigenvalue weighted by Gasteiger charge is 2.26. The van der Waals surface area contributed by atoms with Gasteiger partial charge in [-0.3, -0.25) is 10.1 Å². The zero-order chi connectivity index (χ0) is 21.8. The molecule has 1 saturated heterocycles. The van der Waals surface area contributed by atoms with Gasteiger partial charge < -0.3 is 0 Å². The number of sulfonamides is 1. The number of anilines is 1. The highest BCUT2D eigenvalue weighted by atomic mass is 32.2. The molecule has 4 rings (SSSR count). The fraction of sp³-hybridized carbons (Fsp3) is 0.304. The third-order valence-electron chi connectivity index (χ3n) is 5.43. The van der Waals surface area contributed by atoms with Gasteiger partial charge in [-0.25, -0.2) is 13.4 Å². The van der Waals surface area contributed by atoms with E-state index >= 15 is 0 Å². The lowest BCUT2D eigenvalue weighted by Gasteiger charge is -2.26. The molecule has 1 fully saturated rings. The lowest BCUT2D eigenvalue weighted by atomic mass is 10.1. The first-order chi connectivity index (χ1) is 15.0. The molecule has 0 bridgehead atoms. The normalized spacial score (nSPS) is 15.0. The molecule has 0 unspecified atom stereocenters. The van der Waals surface area contributed by atoms with Crippen molar-refractivity contribution in [3.8, 4) is 11.3 Å². The zero-order valence-electron chi connectivity index (χ0n) is 17.4. The van der Waals surface area contributed by atoms with Crippen LogP contribution in [0.4, 0.5) is 5.13 Å². The maximum Gasteiger partial charge on any atom is 0.257 e. The van der Waals surface area contributed by atoms with Crippen molar-refractivity contribution in [3.05, 3.63) is 65.0 Å². The standard InChI is InChI=1S/C23H25N3O3S2/c1-2-17-9-11-18(12-10-17)21-16-30-23(24-21)25-22(27)19-7-6-8-20(15-19)31(28,29)26-13-4-3-5-14-26/h6-12,15-16H,2-5,13-14H2,1H3,(H,24,25,27). The molecule has 8 heteroatoms. The van der Waals surface area contributed by atoms with E-state index in [0.717, 1.165) is 36.9 Å². The summed E-state index contributed by atoms with van der Waals surface area (Å²) in [7, 11) is -3.59. The molecule has 1 aromatic heterocycles. The Morgan fingerprint density at radius 1 is 1.10 bits per heavy atom. The Morgan fingerprint density at radius 3 is 2.55 bits per heavy atom. The molecule has 0 aliphatic carbocycles. The van der Waals surface area contributed by atoms with Gasteiger partial charge in [0.05, 0.1) is 10.6 Å². The van der Waals surface area contributed by atoms with Gasteiger partial charge in [-0.15, -0.1) is 11.3 Å².